The highest BCUT2D eigenvalue weighted by Crippen LogP contribution is 2.20. The first-order valence-corrected chi connectivity index (χ1v) is 9.71. The molecule has 148 valence electrons. The zero-order valence-corrected chi connectivity index (χ0v) is 16.7. The fourth-order valence-corrected chi connectivity index (χ4v) is 3.26. The van der Waals surface area contributed by atoms with E-state index in [1.807, 2.05) is 24.0 Å². The van der Waals surface area contributed by atoms with E-state index in [9.17, 15) is 0 Å². The van der Waals surface area contributed by atoms with E-state index in [2.05, 4.69) is 49.5 Å². The highest BCUT2D eigenvalue weighted by Gasteiger charge is 2.17. The minimum Gasteiger partial charge on any atom is -0.383 e. The number of aliphatic imine (C=N–C) groups is 2. The van der Waals surface area contributed by atoms with Gasteiger partial charge in [0.25, 0.3) is 0 Å². The molecule has 1 aliphatic rings. The van der Waals surface area contributed by atoms with E-state index < -0.39 is 0 Å². The van der Waals surface area contributed by atoms with Gasteiger partial charge in [-0.2, -0.15) is 0 Å². The third-order valence-corrected chi connectivity index (χ3v) is 4.73. The van der Waals surface area contributed by atoms with Gasteiger partial charge in [0, 0.05) is 58.2 Å². The molecular formula is C21H29N7. The first-order valence-electron chi connectivity index (χ1n) is 9.71. The smallest absolute Gasteiger partial charge is 0.144 e. The van der Waals surface area contributed by atoms with Crippen molar-refractivity contribution < 1.29 is 0 Å². The molecule has 1 fully saturated rings. The molecule has 7 heteroatoms. The van der Waals surface area contributed by atoms with Crippen LogP contribution in [-0.2, 0) is 6.54 Å². The second-order valence-electron chi connectivity index (χ2n) is 6.66. The van der Waals surface area contributed by atoms with Crippen LogP contribution in [0.2, 0.25) is 0 Å². The topological polar surface area (TPSA) is 82.1 Å². The van der Waals surface area contributed by atoms with E-state index in [1.54, 1.807) is 19.6 Å². The molecule has 1 aliphatic heterocycles. The fourth-order valence-electron chi connectivity index (χ4n) is 3.26. The van der Waals surface area contributed by atoms with E-state index in [0.29, 0.717) is 12.4 Å². The van der Waals surface area contributed by atoms with Crippen molar-refractivity contribution in [3.05, 3.63) is 53.7 Å². The lowest BCUT2D eigenvalue weighted by Crippen LogP contribution is -2.42. The standard InChI is InChI=1S/C21H29N7/c1-3-24-16-28(21(23-2)19-5-4-10-26-20(19)22)18-8-6-17(7-9-18)15-27-13-11-25-12-14-27/h4-10,16,25H,3,11-15H2,1-2H3,(H2,22,26)/b23-21?,24-16+. The number of benzene rings is 1. The number of nitrogens with one attached hydrogen (secondary N) is 1. The Hall–Kier alpha value is -2.77. The third kappa shape index (κ3) is 4.94. The molecule has 0 unspecified atom stereocenters. The number of anilines is 2. The highest BCUT2D eigenvalue weighted by molar-refractivity contribution is 6.20. The molecule has 1 aromatic carbocycles. The first kappa shape index (κ1) is 20.0. The van der Waals surface area contributed by atoms with Crippen LogP contribution in [0.4, 0.5) is 11.5 Å². The summed E-state index contributed by atoms with van der Waals surface area (Å²) in [5.41, 5.74) is 9.18. The minimum absolute atomic E-state index is 0.452. The molecule has 0 spiro atoms. The Bertz CT molecular complexity index is 808. The summed E-state index contributed by atoms with van der Waals surface area (Å²) in [6, 6.07) is 12.3. The Morgan fingerprint density at radius 2 is 2.00 bits per heavy atom. The monoisotopic (exact) mass is 379 g/mol. The van der Waals surface area contributed by atoms with Gasteiger partial charge in [0.2, 0.25) is 0 Å². The summed E-state index contributed by atoms with van der Waals surface area (Å²) < 4.78 is 0. The van der Waals surface area contributed by atoms with Crippen molar-refractivity contribution in [2.75, 3.05) is 50.4 Å². The highest BCUT2D eigenvalue weighted by atomic mass is 15.2. The van der Waals surface area contributed by atoms with Crippen LogP contribution in [0.3, 0.4) is 0 Å². The Kier molecular flexibility index (Phi) is 7.11. The number of rotatable bonds is 6. The van der Waals surface area contributed by atoms with E-state index in [1.165, 1.54) is 5.56 Å². The summed E-state index contributed by atoms with van der Waals surface area (Å²) in [4.78, 5) is 17.5. The zero-order chi connectivity index (χ0) is 19.8. The maximum Gasteiger partial charge on any atom is 0.144 e. The number of pyridine rings is 1. The third-order valence-electron chi connectivity index (χ3n) is 4.73. The number of aromatic nitrogens is 1. The van der Waals surface area contributed by atoms with Gasteiger partial charge in [-0.1, -0.05) is 12.1 Å². The van der Waals surface area contributed by atoms with E-state index in [-0.39, 0.29) is 0 Å². The van der Waals surface area contributed by atoms with E-state index in [0.717, 1.165) is 49.8 Å². The summed E-state index contributed by atoms with van der Waals surface area (Å²) in [5.74, 6) is 1.17. The van der Waals surface area contributed by atoms with Crippen molar-refractivity contribution in [3.63, 3.8) is 0 Å². The Morgan fingerprint density at radius 1 is 1.25 bits per heavy atom. The number of nitrogen functional groups attached to an aromatic ring is 1. The average Bonchev–Trinajstić information content (AvgIpc) is 2.73. The molecule has 1 saturated heterocycles. The molecule has 3 N–H and O–H groups in total. The summed E-state index contributed by atoms with van der Waals surface area (Å²) in [6.45, 7) is 7.96. The lowest BCUT2D eigenvalue weighted by Gasteiger charge is -2.27. The number of amidine groups is 1. The molecule has 0 bridgehead atoms. The van der Waals surface area contributed by atoms with Crippen molar-refractivity contribution in [1.82, 2.24) is 15.2 Å². The molecule has 0 aliphatic carbocycles. The maximum atomic E-state index is 6.10. The number of hydrogen-bond donors (Lipinski definition) is 2. The summed E-state index contributed by atoms with van der Waals surface area (Å²) in [5, 5.41) is 3.39. The molecule has 0 atom stereocenters. The quantitative estimate of drug-likeness (QED) is 0.593. The number of nitrogens with zero attached hydrogens (tertiary/aromatic N) is 5. The fraction of sp³-hybridized carbons (Fsp3) is 0.381. The van der Waals surface area contributed by atoms with Crippen LogP contribution < -0.4 is 16.0 Å². The Labute approximate surface area is 167 Å². The van der Waals surface area contributed by atoms with Crippen LogP contribution in [0, 0.1) is 0 Å². The Balaban J connectivity index is 1.85. The van der Waals surface area contributed by atoms with Crippen molar-refractivity contribution in [2.24, 2.45) is 9.98 Å². The van der Waals surface area contributed by atoms with E-state index >= 15 is 0 Å². The molecule has 28 heavy (non-hydrogen) atoms. The van der Waals surface area contributed by atoms with Crippen molar-refractivity contribution in [2.45, 2.75) is 13.5 Å². The van der Waals surface area contributed by atoms with Crippen LogP contribution in [-0.4, -0.2) is 61.8 Å². The largest absolute Gasteiger partial charge is 0.383 e. The molecular weight excluding hydrogens is 350 g/mol. The maximum absolute atomic E-state index is 6.10. The van der Waals surface area contributed by atoms with Gasteiger partial charge in [0.15, 0.2) is 0 Å². The van der Waals surface area contributed by atoms with Crippen LogP contribution in [0.15, 0.2) is 52.6 Å². The van der Waals surface area contributed by atoms with Crippen LogP contribution in [0.5, 0.6) is 0 Å². The molecule has 1 aromatic heterocycles. The number of nitrogens with two attached hydrogens (primary N) is 1. The van der Waals surface area contributed by atoms with Gasteiger partial charge in [-0.15, -0.1) is 0 Å². The summed E-state index contributed by atoms with van der Waals surface area (Å²) in [6.07, 6.45) is 3.49. The van der Waals surface area contributed by atoms with Gasteiger partial charge in [-0.3, -0.25) is 19.8 Å². The molecule has 0 amide bonds. The second-order valence-corrected chi connectivity index (χ2v) is 6.66. The summed E-state index contributed by atoms with van der Waals surface area (Å²) in [7, 11) is 1.76. The first-order chi connectivity index (χ1) is 13.7. The van der Waals surface area contributed by atoms with Crippen LogP contribution in [0.1, 0.15) is 18.1 Å². The predicted molar refractivity (Wildman–Crippen MR) is 117 cm³/mol. The summed E-state index contributed by atoms with van der Waals surface area (Å²) >= 11 is 0. The average molecular weight is 380 g/mol. The molecule has 0 radical (unpaired) electrons. The van der Waals surface area contributed by atoms with Crippen molar-refractivity contribution in [3.8, 4) is 0 Å². The van der Waals surface area contributed by atoms with Crippen LogP contribution >= 0.6 is 0 Å². The zero-order valence-electron chi connectivity index (χ0n) is 16.7. The lowest BCUT2D eigenvalue weighted by molar-refractivity contribution is 0.233. The van der Waals surface area contributed by atoms with Crippen molar-refractivity contribution >= 4 is 23.7 Å². The Morgan fingerprint density at radius 3 is 2.64 bits per heavy atom. The molecule has 0 saturated carbocycles. The SMILES string of the molecule is CC/N=C/N(C(=NC)c1cccnc1N)c1ccc(CN2CCNCC2)cc1. The van der Waals surface area contributed by atoms with Gasteiger partial charge in [0.1, 0.15) is 11.7 Å². The van der Waals surface area contributed by atoms with Gasteiger partial charge >= 0.3 is 0 Å². The second kappa shape index (κ2) is 9.96. The molecule has 7 nitrogen and oxygen atoms in total. The number of hydrogen-bond acceptors (Lipinski definition) is 6. The molecule has 2 heterocycles. The minimum atomic E-state index is 0.452. The van der Waals surface area contributed by atoms with Crippen LogP contribution in [0.25, 0.3) is 0 Å². The van der Waals surface area contributed by atoms with Gasteiger partial charge in [-0.25, -0.2) is 4.98 Å². The van der Waals surface area contributed by atoms with Gasteiger partial charge in [0.05, 0.1) is 11.9 Å². The normalized spacial score (nSPS) is 15.9. The molecule has 3 rings (SSSR count). The lowest BCUT2D eigenvalue weighted by atomic mass is 10.1. The van der Waals surface area contributed by atoms with Gasteiger partial charge < -0.3 is 11.1 Å². The molecule has 2 aromatic rings. The predicted octanol–water partition coefficient (Wildman–Crippen LogP) is 2.00. The van der Waals surface area contributed by atoms with Gasteiger partial charge in [-0.05, 0) is 36.8 Å². The van der Waals surface area contributed by atoms with E-state index in [4.69, 9.17) is 5.73 Å². The van der Waals surface area contributed by atoms with Crippen molar-refractivity contribution in [1.29, 1.82) is 0 Å². The number of piperazine rings is 1.